The maximum Gasteiger partial charge on any atom is 0.238 e. The van der Waals surface area contributed by atoms with Gasteiger partial charge in [0.25, 0.3) is 0 Å². The number of carbonyl (C=O) groups excluding carboxylic acids is 1. The van der Waals surface area contributed by atoms with E-state index in [0.717, 1.165) is 0 Å². The second-order valence-corrected chi connectivity index (χ2v) is 2.48. The molecule has 0 aliphatic rings. The van der Waals surface area contributed by atoms with Crippen LogP contribution in [0, 0.1) is 11.3 Å². The van der Waals surface area contributed by atoms with Gasteiger partial charge in [0.05, 0.1) is 7.11 Å². The lowest BCUT2D eigenvalue weighted by atomic mass is 10.3. The SMILES string of the molecule is COc1cccc(OC(C#N)C=O)c1. The molecule has 0 saturated heterocycles. The summed E-state index contributed by atoms with van der Waals surface area (Å²) in [6, 6.07) is 8.42. The summed E-state index contributed by atoms with van der Waals surface area (Å²) in [4.78, 5) is 10.3. The second kappa shape index (κ2) is 4.87. The number of aldehydes is 1. The van der Waals surface area contributed by atoms with Crippen LogP contribution in [-0.4, -0.2) is 19.5 Å². The molecule has 0 aliphatic heterocycles. The first-order valence-electron chi connectivity index (χ1n) is 3.95. The average Bonchev–Trinajstić information content (AvgIpc) is 2.26. The summed E-state index contributed by atoms with van der Waals surface area (Å²) in [5.74, 6) is 1.05. The lowest BCUT2D eigenvalue weighted by Crippen LogP contribution is -2.14. The minimum absolute atomic E-state index is 0.433. The molecule has 1 rings (SSSR count). The van der Waals surface area contributed by atoms with Crippen LogP contribution < -0.4 is 9.47 Å². The summed E-state index contributed by atoms with van der Waals surface area (Å²) in [5, 5.41) is 8.48. The highest BCUT2D eigenvalue weighted by Gasteiger charge is 2.06. The van der Waals surface area contributed by atoms with Crippen LogP contribution in [0.3, 0.4) is 0 Å². The van der Waals surface area contributed by atoms with E-state index in [1.54, 1.807) is 30.3 Å². The molecule has 72 valence electrons. The Labute approximate surface area is 81.7 Å². The molecule has 1 unspecified atom stereocenters. The lowest BCUT2D eigenvalue weighted by Gasteiger charge is -2.07. The van der Waals surface area contributed by atoms with Crippen LogP contribution in [0.25, 0.3) is 0 Å². The Kier molecular flexibility index (Phi) is 3.50. The molecule has 14 heavy (non-hydrogen) atoms. The predicted molar refractivity (Wildman–Crippen MR) is 49.1 cm³/mol. The van der Waals surface area contributed by atoms with Gasteiger partial charge in [-0.05, 0) is 12.1 Å². The van der Waals surface area contributed by atoms with E-state index in [1.165, 1.54) is 7.11 Å². The fourth-order valence-electron chi connectivity index (χ4n) is 0.906. The van der Waals surface area contributed by atoms with Gasteiger partial charge in [-0.25, -0.2) is 0 Å². The van der Waals surface area contributed by atoms with Crippen molar-refractivity contribution in [1.82, 2.24) is 0 Å². The van der Waals surface area contributed by atoms with Crippen molar-refractivity contribution in [2.45, 2.75) is 6.10 Å². The van der Waals surface area contributed by atoms with Crippen LogP contribution in [0.4, 0.5) is 0 Å². The molecule has 0 amide bonds. The van der Waals surface area contributed by atoms with E-state index in [2.05, 4.69) is 0 Å². The highest BCUT2D eigenvalue weighted by Crippen LogP contribution is 2.19. The Morgan fingerprint density at radius 2 is 2.21 bits per heavy atom. The lowest BCUT2D eigenvalue weighted by molar-refractivity contribution is -0.111. The molecule has 0 aromatic heterocycles. The van der Waals surface area contributed by atoms with Gasteiger partial charge in [-0.3, -0.25) is 4.79 Å². The summed E-state index contributed by atoms with van der Waals surface area (Å²) < 4.78 is 10.00. The van der Waals surface area contributed by atoms with E-state index in [0.29, 0.717) is 17.8 Å². The van der Waals surface area contributed by atoms with E-state index in [4.69, 9.17) is 14.7 Å². The average molecular weight is 191 g/mol. The van der Waals surface area contributed by atoms with Gasteiger partial charge < -0.3 is 9.47 Å². The fraction of sp³-hybridized carbons (Fsp3) is 0.200. The van der Waals surface area contributed by atoms with Crippen LogP contribution in [0.2, 0.25) is 0 Å². The van der Waals surface area contributed by atoms with Crippen LogP contribution in [0.15, 0.2) is 24.3 Å². The zero-order chi connectivity index (χ0) is 10.4. The molecule has 0 radical (unpaired) electrons. The van der Waals surface area contributed by atoms with Gasteiger partial charge >= 0.3 is 0 Å². The summed E-state index contributed by atoms with van der Waals surface area (Å²) >= 11 is 0. The highest BCUT2D eigenvalue weighted by atomic mass is 16.5. The Morgan fingerprint density at radius 3 is 2.79 bits per heavy atom. The molecule has 4 nitrogen and oxygen atoms in total. The maximum absolute atomic E-state index is 10.3. The molecule has 1 aromatic rings. The molecule has 0 saturated carbocycles. The van der Waals surface area contributed by atoms with E-state index in [9.17, 15) is 4.79 Å². The summed E-state index contributed by atoms with van der Waals surface area (Å²) in [6.45, 7) is 0. The van der Waals surface area contributed by atoms with Gasteiger partial charge in [-0.2, -0.15) is 5.26 Å². The molecule has 4 heteroatoms. The number of rotatable bonds is 4. The third-order valence-electron chi connectivity index (χ3n) is 1.56. The van der Waals surface area contributed by atoms with Crippen molar-refractivity contribution in [1.29, 1.82) is 5.26 Å². The standard InChI is InChI=1S/C10H9NO3/c1-13-8-3-2-4-9(5-8)14-10(6-11)7-12/h2-5,7,10H,1H3. The molecule has 0 bridgehead atoms. The van der Waals surface area contributed by atoms with Crippen LogP contribution in [0.1, 0.15) is 0 Å². The number of ether oxygens (including phenoxy) is 2. The van der Waals surface area contributed by atoms with Crippen molar-refractivity contribution < 1.29 is 14.3 Å². The Morgan fingerprint density at radius 1 is 1.50 bits per heavy atom. The maximum atomic E-state index is 10.3. The minimum Gasteiger partial charge on any atom is -0.497 e. The van der Waals surface area contributed by atoms with E-state index in [1.807, 2.05) is 0 Å². The Bertz CT molecular complexity index is 357. The molecule has 1 aromatic carbocycles. The monoisotopic (exact) mass is 191 g/mol. The van der Waals surface area contributed by atoms with Crippen molar-refractivity contribution in [3.63, 3.8) is 0 Å². The minimum atomic E-state index is -1.07. The van der Waals surface area contributed by atoms with Gasteiger partial charge in [-0.1, -0.05) is 6.07 Å². The van der Waals surface area contributed by atoms with Crippen LogP contribution in [-0.2, 0) is 4.79 Å². The molecule has 0 fully saturated rings. The van der Waals surface area contributed by atoms with E-state index < -0.39 is 6.10 Å². The van der Waals surface area contributed by atoms with Gasteiger partial charge in [0.2, 0.25) is 6.10 Å². The smallest absolute Gasteiger partial charge is 0.238 e. The predicted octanol–water partition coefficient (Wildman–Crippen LogP) is 1.17. The van der Waals surface area contributed by atoms with Crippen molar-refractivity contribution >= 4 is 6.29 Å². The largest absolute Gasteiger partial charge is 0.497 e. The normalized spacial score (nSPS) is 11.1. The molecule has 0 N–H and O–H groups in total. The Hall–Kier alpha value is -2.02. The van der Waals surface area contributed by atoms with Gasteiger partial charge in [-0.15, -0.1) is 0 Å². The molecule has 0 heterocycles. The molecular formula is C10H9NO3. The third-order valence-corrected chi connectivity index (χ3v) is 1.56. The number of hydrogen-bond donors (Lipinski definition) is 0. The zero-order valence-electron chi connectivity index (χ0n) is 7.64. The van der Waals surface area contributed by atoms with Crippen molar-refractivity contribution in [3.8, 4) is 17.6 Å². The number of benzene rings is 1. The number of nitrogens with zero attached hydrogens (tertiary/aromatic N) is 1. The molecule has 0 aliphatic carbocycles. The molecule has 0 spiro atoms. The van der Waals surface area contributed by atoms with Gasteiger partial charge in [0, 0.05) is 6.07 Å². The van der Waals surface area contributed by atoms with Crippen LogP contribution in [0.5, 0.6) is 11.5 Å². The highest BCUT2D eigenvalue weighted by molar-refractivity contribution is 5.61. The summed E-state index contributed by atoms with van der Waals surface area (Å²) in [6.07, 6.45) is -0.624. The zero-order valence-corrected chi connectivity index (χ0v) is 7.64. The summed E-state index contributed by atoms with van der Waals surface area (Å²) in [5.41, 5.74) is 0. The molecule has 1 atom stereocenters. The molecular weight excluding hydrogens is 182 g/mol. The first-order valence-corrected chi connectivity index (χ1v) is 3.95. The van der Waals surface area contributed by atoms with Crippen molar-refractivity contribution in [2.75, 3.05) is 7.11 Å². The first-order chi connectivity index (χ1) is 6.80. The fourth-order valence-corrected chi connectivity index (χ4v) is 0.906. The number of methoxy groups -OCH3 is 1. The number of nitriles is 1. The first kappa shape index (κ1) is 10.1. The Balaban J connectivity index is 2.76. The third kappa shape index (κ3) is 2.49. The van der Waals surface area contributed by atoms with Crippen molar-refractivity contribution in [2.24, 2.45) is 0 Å². The summed E-state index contributed by atoms with van der Waals surface area (Å²) in [7, 11) is 1.53. The van der Waals surface area contributed by atoms with E-state index >= 15 is 0 Å². The number of carbonyl (C=O) groups is 1. The van der Waals surface area contributed by atoms with E-state index in [-0.39, 0.29) is 0 Å². The van der Waals surface area contributed by atoms with Crippen molar-refractivity contribution in [3.05, 3.63) is 24.3 Å². The quantitative estimate of drug-likeness (QED) is 0.670. The number of hydrogen-bond acceptors (Lipinski definition) is 4. The second-order valence-electron chi connectivity index (χ2n) is 2.48. The van der Waals surface area contributed by atoms with Gasteiger partial charge in [0.1, 0.15) is 17.6 Å². The van der Waals surface area contributed by atoms with Gasteiger partial charge in [0.15, 0.2) is 6.29 Å². The topological polar surface area (TPSA) is 59.3 Å². The van der Waals surface area contributed by atoms with Crippen LogP contribution >= 0.6 is 0 Å².